The van der Waals surface area contributed by atoms with Crippen LogP contribution >= 0.6 is 15.9 Å². The second-order valence-corrected chi connectivity index (χ2v) is 11.9. The predicted octanol–water partition coefficient (Wildman–Crippen LogP) is 8.04. The molecule has 208 valence electrons. The van der Waals surface area contributed by atoms with E-state index in [4.69, 9.17) is 18.8 Å². The van der Waals surface area contributed by atoms with Crippen LogP contribution < -0.4 is 14.9 Å². The summed E-state index contributed by atoms with van der Waals surface area (Å²) >= 11 is 3.41. The Bertz CT molecular complexity index is 1440. The van der Waals surface area contributed by atoms with E-state index in [-0.39, 0.29) is 18.3 Å². The van der Waals surface area contributed by atoms with Gasteiger partial charge in [-0.1, -0.05) is 34.1 Å². The molecule has 0 bridgehead atoms. The zero-order valence-corrected chi connectivity index (χ0v) is 26.0. The molecule has 2 aromatic carbocycles. The van der Waals surface area contributed by atoms with Crippen molar-refractivity contribution in [2.45, 2.75) is 66.6 Å². The van der Waals surface area contributed by atoms with E-state index in [9.17, 15) is 0 Å². The summed E-state index contributed by atoms with van der Waals surface area (Å²) in [4.78, 5) is 8.67. The number of nitrogens with zero attached hydrogens (tertiary/aromatic N) is 2. The first-order valence-corrected chi connectivity index (χ1v) is 14.1. The molecule has 1 aliphatic rings. The van der Waals surface area contributed by atoms with Crippen LogP contribution in [0.1, 0.15) is 50.5 Å². The van der Waals surface area contributed by atoms with Gasteiger partial charge >= 0.3 is 7.12 Å². The maximum Gasteiger partial charge on any atom is 0.494 e. The summed E-state index contributed by atoms with van der Waals surface area (Å²) in [7, 11) is -0.389. The highest BCUT2D eigenvalue weighted by Gasteiger charge is 2.51. The molecule has 0 N–H and O–H groups in total. The van der Waals surface area contributed by atoms with Crippen LogP contribution in [0.3, 0.4) is 0 Å². The molecule has 1 fully saturated rings. The second kappa shape index (κ2) is 12.1. The minimum absolute atomic E-state index is 0.353. The third-order valence-electron chi connectivity index (χ3n) is 6.76. The molecule has 8 heteroatoms. The van der Waals surface area contributed by atoms with Crippen molar-refractivity contribution in [2.75, 3.05) is 0 Å². The van der Waals surface area contributed by atoms with Crippen molar-refractivity contribution >= 4 is 28.5 Å². The average molecular weight is 603 g/mol. The Kier molecular flexibility index (Phi) is 9.03. The minimum Gasteiger partial charge on any atom is -0.457 e. The molecular weight excluding hydrogens is 567 g/mol. The van der Waals surface area contributed by atoms with Gasteiger partial charge in [-0.2, -0.15) is 0 Å². The van der Waals surface area contributed by atoms with E-state index >= 15 is 0 Å². The van der Waals surface area contributed by atoms with Crippen LogP contribution in [0.5, 0.6) is 23.0 Å². The lowest BCUT2D eigenvalue weighted by atomic mass is 9.79. The number of pyridine rings is 2. The fourth-order valence-electron chi connectivity index (χ4n) is 4.22. The summed E-state index contributed by atoms with van der Waals surface area (Å²) in [6.07, 6.45) is 0. The molecule has 40 heavy (non-hydrogen) atoms. The summed E-state index contributed by atoms with van der Waals surface area (Å²) in [5.41, 5.74) is 4.05. The molecule has 0 saturated carbocycles. The van der Waals surface area contributed by atoms with E-state index in [2.05, 4.69) is 53.6 Å². The van der Waals surface area contributed by atoms with Gasteiger partial charge in [-0.3, -0.25) is 9.97 Å². The number of benzene rings is 2. The van der Waals surface area contributed by atoms with Crippen molar-refractivity contribution in [2.24, 2.45) is 0 Å². The lowest BCUT2D eigenvalue weighted by molar-refractivity contribution is 0.00578. The number of halogens is 1. The minimum atomic E-state index is -0.389. The molecule has 0 unspecified atom stereocenters. The van der Waals surface area contributed by atoms with E-state index in [1.165, 1.54) is 0 Å². The molecular formula is C32H36BBrN2O4. The lowest BCUT2D eigenvalue weighted by Gasteiger charge is -2.32. The van der Waals surface area contributed by atoms with Gasteiger partial charge in [-0.15, -0.1) is 0 Å². The van der Waals surface area contributed by atoms with Crippen molar-refractivity contribution in [1.29, 1.82) is 0 Å². The Morgan fingerprint density at radius 1 is 0.600 bits per heavy atom. The molecule has 1 saturated heterocycles. The van der Waals surface area contributed by atoms with Crippen LogP contribution in [0.2, 0.25) is 0 Å². The number of rotatable bonds is 5. The summed E-state index contributed by atoms with van der Waals surface area (Å²) < 4.78 is 25.0. The predicted molar refractivity (Wildman–Crippen MR) is 164 cm³/mol. The maximum atomic E-state index is 6.11. The molecule has 2 aromatic heterocycles. The highest BCUT2D eigenvalue weighted by atomic mass is 79.9. The molecule has 1 aliphatic heterocycles. The smallest absolute Gasteiger partial charge is 0.457 e. The number of hydrogen-bond donors (Lipinski definition) is 0. The average Bonchev–Trinajstić information content (AvgIpc) is 3.05. The van der Waals surface area contributed by atoms with Gasteiger partial charge in [0.15, 0.2) is 0 Å². The first kappa shape index (κ1) is 29.8. The Morgan fingerprint density at radius 2 is 1.02 bits per heavy atom. The largest absolute Gasteiger partial charge is 0.494 e. The molecule has 3 heterocycles. The summed E-state index contributed by atoms with van der Waals surface area (Å²) in [5, 5.41) is 0. The van der Waals surface area contributed by atoms with Crippen molar-refractivity contribution in [3.63, 3.8) is 0 Å². The summed E-state index contributed by atoms with van der Waals surface area (Å²) in [6, 6.07) is 23.3. The molecule has 4 aromatic rings. The third kappa shape index (κ3) is 7.71. The van der Waals surface area contributed by atoms with Crippen LogP contribution in [0.25, 0.3) is 0 Å². The molecule has 6 nitrogen and oxygen atoms in total. The highest BCUT2D eigenvalue weighted by molar-refractivity contribution is 9.10. The summed E-state index contributed by atoms with van der Waals surface area (Å²) in [6.45, 7) is 16.0. The van der Waals surface area contributed by atoms with Gasteiger partial charge in [0, 0.05) is 51.5 Å². The van der Waals surface area contributed by atoms with E-state index in [0.29, 0.717) is 0 Å². The fourth-order valence-corrected chi connectivity index (χ4v) is 4.59. The second-order valence-electron chi connectivity index (χ2n) is 11.0. The SMILES string of the molecule is Cc1cc(Oc2cccc(B3OC(C)(C)C(C)(C)O3)c2)cc(C)n1.Cc1cc(Oc2cccc(Br)c2)cc(C)n1. The number of ether oxygens (including phenoxy) is 2. The first-order chi connectivity index (χ1) is 18.8. The van der Waals surface area contributed by atoms with E-state index in [1.54, 1.807) is 0 Å². The van der Waals surface area contributed by atoms with Crippen molar-refractivity contribution < 1.29 is 18.8 Å². The number of hydrogen-bond acceptors (Lipinski definition) is 6. The van der Waals surface area contributed by atoms with E-state index in [1.807, 2.05) is 100 Å². The summed E-state index contributed by atoms with van der Waals surface area (Å²) in [5.74, 6) is 3.18. The molecule has 0 amide bonds. The number of aromatic nitrogens is 2. The van der Waals surface area contributed by atoms with Gasteiger partial charge in [-0.05, 0) is 91.2 Å². The van der Waals surface area contributed by atoms with Crippen molar-refractivity contribution in [1.82, 2.24) is 9.97 Å². The van der Waals surface area contributed by atoms with Gasteiger partial charge in [0.25, 0.3) is 0 Å². The van der Waals surface area contributed by atoms with E-state index < -0.39 is 0 Å². The molecule has 0 spiro atoms. The lowest BCUT2D eigenvalue weighted by Crippen LogP contribution is -2.41. The zero-order valence-electron chi connectivity index (χ0n) is 24.4. The maximum absolute atomic E-state index is 6.11. The third-order valence-corrected chi connectivity index (χ3v) is 7.25. The van der Waals surface area contributed by atoms with Crippen LogP contribution in [0.15, 0.2) is 77.3 Å². The Labute approximate surface area is 246 Å². The Hall–Kier alpha value is -3.20. The first-order valence-electron chi connectivity index (χ1n) is 13.3. The van der Waals surface area contributed by atoms with Crippen LogP contribution in [0, 0.1) is 27.7 Å². The van der Waals surface area contributed by atoms with Crippen molar-refractivity contribution in [3.05, 3.63) is 100 Å². The molecule has 0 atom stereocenters. The quantitative estimate of drug-likeness (QED) is 0.215. The van der Waals surface area contributed by atoms with Gasteiger partial charge in [-0.25, -0.2) is 0 Å². The molecule has 0 radical (unpaired) electrons. The fraction of sp³-hybridized carbons (Fsp3) is 0.312. The van der Waals surface area contributed by atoms with E-state index in [0.717, 1.165) is 55.7 Å². The van der Waals surface area contributed by atoms with Gasteiger partial charge < -0.3 is 18.8 Å². The van der Waals surface area contributed by atoms with Crippen molar-refractivity contribution in [3.8, 4) is 23.0 Å². The molecule has 0 aliphatic carbocycles. The Morgan fingerprint density at radius 3 is 1.48 bits per heavy atom. The Balaban J connectivity index is 0.000000201. The van der Waals surface area contributed by atoms with Gasteiger partial charge in [0.05, 0.1) is 11.2 Å². The highest BCUT2D eigenvalue weighted by Crippen LogP contribution is 2.36. The van der Waals surface area contributed by atoms with Crippen LogP contribution in [0.4, 0.5) is 0 Å². The normalized spacial score (nSPS) is 15.3. The van der Waals surface area contributed by atoms with Crippen LogP contribution in [-0.4, -0.2) is 28.3 Å². The number of aryl methyl sites for hydroxylation is 4. The standard InChI is InChI=1S/C19H24BNO3.C13H12BrNO/c1-13-10-17(11-14(2)21-13)22-16-9-7-8-15(12-16)20-23-18(3,4)19(5,6)24-20;1-9-6-13(7-10(2)15-9)16-12-5-3-4-11(14)8-12/h7-12H,1-6H3;3-8H,1-2H3. The van der Waals surface area contributed by atoms with Gasteiger partial charge in [0.1, 0.15) is 23.0 Å². The molecule has 5 rings (SSSR count). The van der Waals surface area contributed by atoms with Gasteiger partial charge in [0.2, 0.25) is 0 Å². The zero-order chi connectivity index (χ0) is 29.1. The van der Waals surface area contributed by atoms with Crippen LogP contribution in [-0.2, 0) is 9.31 Å². The topological polar surface area (TPSA) is 62.7 Å². The monoisotopic (exact) mass is 602 g/mol.